The predicted octanol–water partition coefficient (Wildman–Crippen LogP) is 3.64. The van der Waals surface area contributed by atoms with Gasteiger partial charge in [-0.25, -0.2) is 0 Å². The zero-order chi connectivity index (χ0) is 18.4. The van der Waals surface area contributed by atoms with Crippen LogP contribution >= 0.6 is 11.8 Å². The fourth-order valence-electron chi connectivity index (χ4n) is 2.55. The van der Waals surface area contributed by atoms with Crippen molar-refractivity contribution in [3.8, 4) is 5.75 Å². The Hall–Kier alpha value is -2.60. The van der Waals surface area contributed by atoms with Gasteiger partial charge in [0.1, 0.15) is 5.75 Å². The molecule has 1 atom stereocenters. The summed E-state index contributed by atoms with van der Waals surface area (Å²) in [5.41, 5.74) is 2.91. The van der Waals surface area contributed by atoms with Gasteiger partial charge in [-0.2, -0.15) is 5.10 Å². The van der Waals surface area contributed by atoms with Gasteiger partial charge in [-0.1, -0.05) is 54.2 Å². The van der Waals surface area contributed by atoms with Crippen LogP contribution in [-0.2, 0) is 11.2 Å². The van der Waals surface area contributed by atoms with Gasteiger partial charge in [0.2, 0.25) is 5.91 Å². The van der Waals surface area contributed by atoms with E-state index in [1.165, 1.54) is 11.8 Å². The molecule has 2 aromatic carbocycles. The van der Waals surface area contributed by atoms with E-state index in [1.807, 2.05) is 68.4 Å². The number of nitrogens with zero attached hydrogens (tertiary/aromatic N) is 2. The molecule has 0 saturated carbocycles. The average molecular weight is 367 g/mol. The molecule has 1 N–H and O–H groups in total. The molecular formula is C20H21N3O2S. The molecular weight excluding hydrogens is 346 g/mol. The van der Waals surface area contributed by atoms with E-state index in [9.17, 15) is 4.79 Å². The highest BCUT2D eigenvalue weighted by Gasteiger charge is 2.30. The molecule has 0 bridgehead atoms. The zero-order valence-electron chi connectivity index (χ0n) is 14.8. The van der Waals surface area contributed by atoms with Crippen LogP contribution in [0.5, 0.6) is 5.75 Å². The third-order valence-electron chi connectivity index (χ3n) is 3.91. The van der Waals surface area contributed by atoms with E-state index in [0.717, 1.165) is 22.6 Å². The third kappa shape index (κ3) is 4.73. The number of ether oxygens (including phenoxy) is 1. The Kier molecular flexibility index (Phi) is 6.07. The maximum atomic E-state index is 12.2. The van der Waals surface area contributed by atoms with Crippen LogP contribution < -0.4 is 10.1 Å². The normalized spacial score (nSPS) is 18.8. The second-order valence-corrected chi connectivity index (χ2v) is 7.02. The monoisotopic (exact) mass is 367 g/mol. The molecule has 5 nitrogen and oxygen atoms in total. The van der Waals surface area contributed by atoms with Gasteiger partial charge in [0.15, 0.2) is 5.17 Å². The minimum absolute atomic E-state index is 0.0322. The molecule has 1 amide bonds. The summed E-state index contributed by atoms with van der Waals surface area (Å²) < 4.78 is 5.44. The fraction of sp³-hybridized carbons (Fsp3) is 0.250. The summed E-state index contributed by atoms with van der Waals surface area (Å²) in [4.78, 5) is 12.2. The van der Waals surface area contributed by atoms with Crippen molar-refractivity contribution in [2.45, 2.75) is 25.5 Å². The lowest BCUT2D eigenvalue weighted by Gasteiger charge is -2.07. The van der Waals surface area contributed by atoms with E-state index in [1.54, 1.807) is 0 Å². The van der Waals surface area contributed by atoms with Crippen LogP contribution in [0.15, 0.2) is 64.8 Å². The summed E-state index contributed by atoms with van der Waals surface area (Å²) in [7, 11) is 0. The maximum absolute atomic E-state index is 12.2. The summed E-state index contributed by atoms with van der Waals surface area (Å²) in [6.45, 7) is 4.50. The fourth-order valence-corrected chi connectivity index (χ4v) is 3.51. The van der Waals surface area contributed by atoms with Gasteiger partial charge in [-0.05, 0) is 43.5 Å². The summed E-state index contributed by atoms with van der Waals surface area (Å²) in [5, 5.41) is 11.6. The largest absolute Gasteiger partial charge is 0.494 e. The van der Waals surface area contributed by atoms with E-state index >= 15 is 0 Å². The molecule has 0 radical (unpaired) electrons. The molecule has 1 heterocycles. The van der Waals surface area contributed by atoms with Gasteiger partial charge in [0.05, 0.1) is 17.6 Å². The average Bonchev–Trinajstić information content (AvgIpc) is 3.02. The molecule has 1 saturated heterocycles. The van der Waals surface area contributed by atoms with Crippen molar-refractivity contribution in [3.05, 3.63) is 65.7 Å². The first kappa shape index (κ1) is 18.2. The highest BCUT2D eigenvalue weighted by atomic mass is 32.2. The second kappa shape index (κ2) is 8.67. The van der Waals surface area contributed by atoms with Gasteiger partial charge in [0, 0.05) is 0 Å². The standard InChI is InChI=1S/C20H21N3O2S/c1-3-25-17-11-9-15(10-12-17)13-18-19(24)21-20(26-18)23-22-14(2)16-7-5-4-6-8-16/h4-12,18H,3,13H2,1-2H3,(H,21,23,24). The molecule has 1 aliphatic rings. The minimum Gasteiger partial charge on any atom is -0.494 e. The lowest BCUT2D eigenvalue weighted by molar-refractivity contribution is -0.118. The van der Waals surface area contributed by atoms with Gasteiger partial charge in [-0.3, -0.25) is 4.79 Å². The summed E-state index contributed by atoms with van der Waals surface area (Å²) in [6, 6.07) is 17.7. The molecule has 1 aliphatic heterocycles. The first-order chi connectivity index (χ1) is 12.7. The number of amidine groups is 1. The molecule has 1 unspecified atom stereocenters. The van der Waals surface area contributed by atoms with Crippen molar-refractivity contribution in [3.63, 3.8) is 0 Å². The number of thioether (sulfide) groups is 1. The smallest absolute Gasteiger partial charge is 0.239 e. The van der Waals surface area contributed by atoms with E-state index < -0.39 is 0 Å². The van der Waals surface area contributed by atoms with Gasteiger partial charge in [-0.15, -0.1) is 5.10 Å². The topological polar surface area (TPSA) is 63.1 Å². The number of hydrogen-bond donors (Lipinski definition) is 1. The molecule has 0 spiro atoms. The SMILES string of the molecule is CCOc1ccc(CC2SC(=NN=C(C)c3ccccc3)NC2=O)cc1. The summed E-state index contributed by atoms with van der Waals surface area (Å²) in [6.07, 6.45) is 0.642. The van der Waals surface area contributed by atoms with Crippen LogP contribution in [0.4, 0.5) is 0 Å². The highest BCUT2D eigenvalue weighted by molar-refractivity contribution is 8.15. The Bertz CT molecular complexity index is 817. The van der Waals surface area contributed by atoms with Gasteiger partial charge < -0.3 is 10.1 Å². The number of hydrogen-bond acceptors (Lipinski definition) is 5. The zero-order valence-corrected chi connectivity index (χ0v) is 15.6. The van der Waals surface area contributed by atoms with E-state index in [-0.39, 0.29) is 11.2 Å². The quantitative estimate of drug-likeness (QED) is 0.626. The molecule has 1 fully saturated rings. The number of carbonyl (C=O) groups is 1. The Morgan fingerprint density at radius 2 is 1.88 bits per heavy atom. The van der Waals surface area contributed by atoms with Crippen LogP contribution in [0.2, 0.25) is 0 Å². The van der Waals surface area contributed by atoms with E-state index in [4.69, 9.17) is 4.74 Å². The Morgan fingerprint density at radius 3 is 2.58 bits per heavy atom. The molecule has 6 heteroatoms. The minimum atomic E-state index is -0.195. The van der Waals surface area contributed by atoms with Gasteiger partial charge >= 0.3 is 0 Å². The molecule has 2 aromatic rings. The first-order valence-electron chi connectivity index (χ1n) is 8.52. The van der Waals surface area contributed by atoms with Crippen LogP contribution in [-0.4, -0.2) is 28.6 Å². The molecule has 134 valence electrons. The first-order valence-corrected chi connectivity index (χ1v) is 9.40. The van der Waals surface area contributed by atoms with Crippen molar-refractivity contribution < 1.29 is 9.53 Å². The Balaban J connectivity index is 1.63. The van der Waals surface area contributed by atoms with Gasteiger partial charge in [0.25, 0.3) is 0 Å². The Labute approximate surface area is 157 Å². The molecule has 0 aliphatic carbocycles. The molecule has 3 rings (SSSR count). The lowest BCUT2D eigenvalue weighted by atomic mass is 10.1. The van der Waals surface area contributed by atoms with Crippen molar-refractivity contribution >= 4 is 28.5 Å². The molecule has 0 aromatic heterocycles. The highest BCUT2D eigenvalue weighted by Crippen LogP contribution is 2.24. The van der Waals surface area contributed by atoms with Crippen LogP contribution in [0, 0.1) is 0 Å². The number of benzene rings is 2. The number of rotatable bonds is 6. The second-order valence-electron chi connectivity index (χ2n) is 5.83. The van der Waals surface area contributed by atoms with Crippen LogP contribution in [0.1, 0.15) is 25.0 Å². The Morgan fingerprint density at radius 1 is 1.15 bits per heavy atom. The van der Waals surface area contributed by atoms with Crippen molar-refractivity contribution in [1.82, 2.24) is 5.32 Å². The maximum Gasteiger partial charge on any atom is 0.239 e. The van der Waals surface area contributed by atoms with Crippen molar-refractivity contribution in [2.75, 3.05) is 6.61 Å². The van der Waals surface area contributed by atoms with E-state index in [0.29, 0.717) is 18.2 Å². The third-order valence-corrected chi connectivity index (χ3v) is 4.99. The summed E-state index contributed by atoms with van der Waals surface area (Å²) in [5.74, 6) is 0.808. The molecule has 26 heavy (non-hydrogen) atoms. The van der Waals surface area contributed by atoms with Crippen LogP contribution in [0.25, 0.3) is 0 Å². The van der Waals surface area contributed by atoms with Crippen LogP contribution in [0.3, 0.4) is 0 Å². The van der Waals surface area contributed by atoms with Crippen molar-refractivity contribution in [2.24, 2.45) is 10.2 Å². The number of amides is 1. The lowest BCUT2D eigenvalue weighted by Crippen LogP contribution is -2.25. The van der Waals surface area contributed by atoms with E-state index in [2.05, 4.69) is 15.5 Å². The number of nitrogens with one attached hydrogen (secondary N) is 1. The summed E-state index contributed by atoms with van der Waals surface area (Å²) >= 11 is 1.42. The predicted molar refractivity (Wildman–Crippen MR) is 107 cm³/mol. The number of carbonyl (C=O) groups excluding carboxylic acids is 1. The van der Waals surface area contributed by atoms with Crippen molar-refractivity contribution in [1.29, 1.82) is 0 Å².